The van der Waals surface area contributed by atoms with E-state index in [2.05, 4.69) is 22.2 Å². The van der Waals surface area contributed by atoms with Crippen molar-refractivity contribution in [2.45, 2.75) is 6.42 Å². The highest BCUT2D eigenvalue weighted by molar-refractivity contribution is 5.60. The van der Waals surface area contributed by atoms with Crippen molar-refractivity contribution in [2.24, 2.45) is 5.92 Å². The minimum absolute atomic E-state index is 0.719. The number of likely N-dealkylation sites (tertiary alicyclic amines) is 1. The second-order valence-electron chi connectivity index (χ2n) is 4.24. The van der Waals surface area contributed by atoms with Crippen LogP contribution in [-0.2, 0) is 0 Å². The van der Waals surface area contributed by atoms with E-state index in [9.17, 15) is 0 Å². The van der Waals surface area contributed by atoms with Crippen LogP contribution >= 0.6 is 0 Å². The Balaban J connectivity index is 1.86. The zero-order chi connectivity index (χ0) is 10.7. The molecule has 0 bridgehead atoms. The fourth-order valence-corrected chi connectivity index (χ4v) is 2.00. The highest BCUT2D eigenvalue weighted by Gasteiger charge is 2.19. The molecule has 1 aliphatic rings. The van der Waals surface area contributed by atoms with Gasteiger partial charge < -0.3 is 16.0 Å². The van der Waals surface area contributed by atoms with Gasteiger partial charge in [0.15, 0.2) is 0 Å². The molecule has 2 rings (SSSR count). The Hall–Kier alpha value is -1.29. The van der Waals surface area contributed by atoms with Gasteiger partial charge in [-0.3, -0.25) is 0 Å². The molecule has 1 saturated heterocycles. The Morgan fingerprint density at radius 2 is 2.53 bits per heavy atom. The molecule has 15 heavy (non-hydrogen) atoms. The summed E-state index contributed by atoms with van der Waals surface area (Å²) >= 11 is 0. The third-order valence-electron chi connectivity index (χ3n) is 2.89. The van der Waals surface area contributed by atoms with E-state index in [0.717, 1.165) is 24.0 Å². The molecule has 3 N–H and O–H groups in total. The number of hydrogen-bond donors (Lipinski definition) is 2. The Kier molecular flexibility index (Phi) is 3.06. The minimum atomic E-state index is 0.719. The standard InChI is InChI=1S/C11H18N4/c1-15-6-4-9(8-15)7-14-11-10(12)3-2-5-13-11/h2-3,5,9H,4,6-8,12H2,1H3,(H,13,14). The quantitative estimate of drug-likeness (QED) is 0.775. The summed E-state index contributed by atoms with van der Waals surface area (Å²) in [5.74, 6) is 1.53. The van der Waals surface area contributed by atoms with Gasteiger partial charge in [0.2, 0.25) is 0 Å². The minimum Gasteiger partial charge on any atom is -0.396 e. The normalized spacial score (nSPS) is 21.8. The molecule has 4 nitrogen and oxygen atoms in total. The molecule has 0 saturated carbocycles. The van der Waals surface area contributed by atoms with Gasteiger partial charge in [-0.2, -0.15) is 0 Å². The molecule has 1 aliphatic heterocycles. The fourth-order valence-electron chi connectivity index (χ4n) is 2.00. The highest BCUT2D eigenvalue weighted by Crippen LogP contribution is 2.17. The maximum absolute atomic E-state index is 5.80. The van der Waals surface area contributed by atoms with Gasteiger partial charge in [0.05, 0.1) is 5.69 Å². The summed E-state index contributed by atoms with van der Waals surface area (Å²) in [6.45, 7) is 3.33. The van der Waals surface area contributed by atoms with Gasteiger partial charge in [0.25, 0.3) is 0 Å². The third kappa shape index (κ3) is 2.59. The van der Waals surface area contributed by atoms with Gasteiger partial charge in [-0.15, -0.1) is 0 Å². The van der Waals surface area contributed by atoms with Crippen LogP contribution in [0.5, 0.6) is 0 Å². The lowest BCUT2D eigenvalue weighted by Crippen LogP contribution is -2.19. The van der Waals surface area contributed by atoms with Crippen molar-refractivity contribution in [2.75, 3.05) is 37.7 Å². The largest absolute Gasteiger partial charge is 0.396 e. The first-order chi connectivity index (χ1) is 7.25. The molecule has 4 heteroatoms. The Morgan fingerprint density at radius 3 is 3.20 bits per heavy atom. The fraction of sp³-hybridized carbons (Fsp3) is 0.545. The smallest absolute Gasteiger partial charge is 0.149 e. The number of aromatic nitrogens is 1. The average Bonchev–Trinajstić information content (AvgIpc) is 2.63. The number of anilines is 2. The van der Waals surface area contributed by atoms with Crippen molar-refractivity contribution in [1.82, 2.24) is 9.88 Å². The lowest BCUT2D eigenvalue weighted by atomic mass is 10.1. The molecule has 1 atom stereocenters. The zero-order valence-electron chi connectivity index (χ0n) is 9.11. The van der Waals surface area contributed by atoms with Crippen molar-refractivity contribution in [1.29, 1.82) is 0 Å². The first-order valence-electron chi connectivity index (χ1n) is 5.38. The van der Waals surface area contributed by atoms with Gasteiger partial charge in [-0.1, -0.05) is 0 Å². The Labute approximate surface area is 90.5 Å². The third-order valence-corrected chi connectivity index (χ3v) is 2.89. The number of nitrogen functional groups attached to an aromatic ring is 1. The summed E-state index contributed by atoms with van der Waals surface area (Å²) < 4.78 is 0. The van der Waals surface area contributed by atoms with Gasteiger partial charge in [0, 0.05) is 19.3 Å². The van der Waals surface area contributed by atoms with Crippen LogP contribution in [0.4, 0.5) is 11.5 Å². The van der Waals surface area contributed by atoms with E-state index in [-0.39, 0.29) is 0 Å². The Morgan fingerprint density at radius 1 is 1.67 bits per heavy atom. The lowest BCUT2D eigenvalue weighted by molar-refractivity contribution is 0.399. The van der Waals surface area contributed by atoms with Gasteiger partial charge >= 0.3 is 0 Å². The van der Waals surface area contributed by atoms with Crippen LogP contribution < -0.4 is 11.1 Å². The molecule has 0 spiro atoms. The second-order valence-corrected chi connectivity index (χ2v) is 4.24. The zero-order valence-corrected chi connectivity index (χ0v) is 9.11. The number of nitrogens with zero attached hydrogens (tertiary/aromatic N) is 2. The van der Waals surface area contributed by atoms with E-state index >= 15 is 0 Å². The monoisotopic (exact) mass is 206 g/mol. The SMILES string of the molecule is CN1CCC(CNc2ncccc2N)C1. The van der Waals surface area contributed by atoms with Crippen molar-refractivity contribution >= 4 is 11.5 Å². The van der Waals surface area contributed by atoms with Crippen LogP contribution in [0.3, 0.4) is 0 Å². The van der Waals surface area contributed by atoms with E-state index < -0.39 is 0 Å². The summed E-state index contributed by atoms with van der Waals surface area (Å²) in [6.07, 6.45) is 3.02. The molecule has 1 aromatic rings. The predicted octanol–water partition coefficient (Wildman–Crippen LogP) is 1.03. The topological polar surface area (TPSA) is 54.2 Å². The molecule has 82 valence electrons. The van der Waals surface area contributed by atoms with Gasteiger partial charge in [-0.05, 0) is 38.1 Å². The molecular weight excluding hydrogens is 188 g/mol. The average molecular weight is 206 g/mol. The molecule has 1 aromatic heterocycles. The van der Waals surface area contributed by atoms with Crippen LogP contribution in [0.2, 0.25) is 0 Å². The molecule has 0 amide bonds. The van der Waals surface area contributed by atoms with Crippen LogP contribution in [0.15, 0.2) is 18.3 Å². The number of pyridine rings is 1. The first-order valence-corrected chi connectivity index (χ1v) is 5.38. The molecular formula is C11H18N4. The maximum Gasteiger partial charge on any atom is 0.149 e. The van der Waals surface area contributed by atoms with E-state index in [1.54, 1.807) is 6.20 Å². The summed E-state index contributed by atoms with van der Waals surface area (Å²) in [5.41, 5.74) is 6.52. The molecule has 0 radical (unpaired) electrons. The Bertz CT molecular complexity index is 326. The number of rotatable bonds is 3. The molecule has 1 unspecified atom stereocenters. The summed E-state index contributed by atoms with van der Waals surface area (Å²) in [4.78, 5) is 6.56. The number of nitrogens with two attached hydrogens (primary N) is 1. The van der Waals surface area contributed by atoms with Crippen LogP contribution in [-0.4, -0.2) is 36.6 Å². The van der Waals surface area contributed by atoms with E-state index in [0.29, 0.717) is 0 Å². The van der Waals surface area contributed by atoms with Gasteiger partial charge in [0.1, 0.15) is 5.82 Å². The van der Waals surface area contributed by atoms with E-state index in [4.69, 9.17) is 5.73 Å². The maximum atomic E-state index is 5.80. The van der Waals surface area contributed by atoms with Crippen molar-refractivity contribution in [3.05, 3.63) is 18.3 Å². The van der Waals surface area contributed by atoms with E-state index in [1.807, 2.05) is 12.1 Å². The van der Waals surface area contributed by atoms with Crippen LogP contribution in [0.1, 0.15) is 6.42 Å². The molecule has 0 aliphatic carbocycles. The highest BCUT2D eigenvalue weighted by atomic mass is 15.1. The summed E-state index contributed by atoms with van der Waals surface area (Å²) in [6, 6.07) is 3.72. The van der Waals surface area contributed by atoms with E-state index in [1.165, 1.54) is 19.5 Å². The van der Waals surface area contributed by atoms with Crippen molar-refractivity contribution in [3.63, 3.8) is 0 Å². The van der Waals surface area contributed by atoms with Crippen LogP contribution in [0, 0.1) is 5.92 Å². The van der Waals surface area contributed by atoms with Crippen molar-refractivity contribution < 1.29 is 0 Å². The number of nitrogens with one attached hydrogen (secondary N) is 1. The lowest BCUT2D eigenvalue weighted by Gasteiger charge is -2.13. The van der Waals surface area contributed by atoms with Crippen LogP contribution in [0.25, 0.3) is 0 Å². The predicted molar refractivity (Wildman–Crippen MR) is 62.7 cm³/mol. The first kappa shape index (κ1) is 10.2. The number of hydrogen-bond acceptors (Lipinski definition) is 4. The molecule has 2 heterocycles. The molecule has 0 aromatic carbocycles. The van der Waals surface area contributed by atoms with Crippen molar-refractivity contribution in [3.8, 4) is 0 Å². The molecule has 1 fully saturated rings. The summed E-state index contributed by atoms with van der Waals surface area (Å²) in [5, 5.41) is 3.31. The van der Waals surface area contributed by atoms with Gasteiger partial charge in [-0.25, -0.2) is 4.98 Å². The second kappa shape index (κ2) is 4.49. The summed E-state index contributed by atoms with van der Waals surface area (Å²) in [7, 11) is 2.16.